The molecule has 0 aliphatic carbocycles. The summed E-state index contributed by atoms with van der Waals surface area (Å²) in [4.78, 5) is 10.6. The van der Waals surface area contributed by atoms with Crippen LogP contribution in [0.1, 0.15) is 11.1 Å². The summed E-state index contributed by atoms with van der Waals surface area (Å²) in [7, 11) is 0. The third kappa shape index (κ3) is 3.38. The lowest BCUT2D eigenvalue weighted by atomic mass is 10.1. The van der Waals surface area contributed by atoms with Crippen LogP contribution in [0.5, 0.6) is 11.5 Å². The molecular formula is C14H12BrN3O3. The number of nitrogen functional groups attached to an aromatic ring is 1. The number of ether oxygens (including phenoxy) is 1. The van der Waals surface area contributed by atoms with Crippen molar-refractivity contribution < 1.29 is 9.66 Å². The van der Waals surface area contributed by atoms with E-state index in [0.717, 1.165) is 10.0 Å². The van der Waals surface area contributed by atoms with Gasteiger partial charge in [-0.25, -0.2) is 0 Å². The fourth-order valence-corrected chi connectivity index (χ4v) is 2.14. The van der Waals surface area contributed by atoms with Gasteiger partial charge in [0.15, 0.2) is 0 Å². The molecule has 0 heterocycles. The van der Waals surface area contributed by atoms with E-state index in [0.29, 0.717) is 5.56 Å². The van der Waals surface area contributed by atoms with Crippen LogP contribution < -0.4 is 10.5 Å². The molecule has 0 saturated carbocycles. The van der Waals surface area contributed by atoms with Crippen molar-refractivity contribution in [2.45, 2.75) is 6.92 Å². The molecule has 0 saturated heterocycles. The predicted octanol–water partition coefficient (Wildman–Crippen LogP) is 3.74. The van der Waals surface area contributed by atoms with Gasteiger partial charge in [0.05, 0.1) is 10.5 Å². The Kier molecular flexibility index (Phi) is 4.23. The lowest BCUT2D eigenvalue weighted by Crippen LogP contribution is -2.12. The third-order valence-electron chi connectivity index (χ3n) is 2.76. The van der Waals surface area contributed by atoms with Crippen molar-refractivity contribution in [1.29, 1.82) is 5.41 Å². The maximum absolute atomic E-state index is 11.1. The van der Waals surface area contributed by atoms with Crippen LogP contribution >= 0.6 is 15.9 Å². The van der Waals surface area contributed by atoms with Gasteiger partial charge in [-0.05, 0) is 36.8 Å². The average Bonchev–Trinajstić information content (AvgIpc) is 2.42. The molecule has 6 nitrogen and oxygen atoms in total. The van der Waals surface area contributed by atoms with Gasteiger partial charge in [-0.1, -0.05) is 22.0 Å². The van der Waals surface area contributed by atoms with Crippen LogP contribution in [0.2, 0.25) is 0 Å². The summed E-state index contributed by atoms with van der Waals surface area (Å²) in [5.41, 5.74) is 6.50. The Hall–Kier alpha value is -2.41. The molecule has 0 aromatic heterocycles. The molecule has 0 spiro atoms. The van der Waals surface area contributed by atoms with Gasteiger partial charge >= 0.3 is 5.69 Å². The summed E-state index contributed by atoms with van der Waals surface area (Å²) in [6.45, 7) is 1.76. The standard InChI is InChI=1S/C14H12BrN3O3/c1-8-2-4-13(11(6-8)18(19)20)21-12-5-3-9(15)7-10(12)14(16)17/h2-7H,1H3,(H3,16,17). The van der Waals surface area contributed by atoms with Crippen LogP contribution in [0, 0.1) is 22.4 Å². The quantitative estimate of drug-likeness (QED) is 0.379. The van der Waals surface area contributed by atoms with Gasteiger partial charge in [0.1, 0.15) is 11.6 Å². The average molecular weight is 350 g/mol. The fraction of sp³-hybridized carbons (Fsp3) is 0.0714. The fourth-order valence-electron chi connectivity index (χ4n) is 1.78. The van der Waals surface area contributed by atoms with E-state index in [2.05, 4.69) is 15.9 Å². The van der Waals surface area contributed by atoms with Gasteiger partial charge in [-0.15, -0.1) is 0 Å². The molecule has 0 fully saturated rings. The highest BCUT2D eigenvalue weighted by molar-refractivity contribution is 9.10. The third-order valence-corrected chi connectivity index (χ3v) is 3.26. The number of nitrogens with one attached hydrogen (secondary N) is 1. The van der Waals surface area contributed by atoms with E-state index in [9.17, 15) is 10.1 Å². The monoisotopic (exact) mass is 349 g/mol. The van der Waals surface area contributed by atoms with Gasteiger partial charge in [0, 0.05) is 10.5 Å². The summed E-state index contributed by atoms with van der Waals surface area (Å²) in [6, 6.07) is 9.61. The first-order chi connectivity index (χ1) is 9.88. The van der Waals surface area contributed by atoms with Crippen molar-refractivity contribution in [2.75, 3.05) is 0 Å². The molecule has 2 rings (SSSR count). The second kappa shape index (κ2) is 5.92. The minimum atomic E-state index is -0.505. The molecule has 0 radical (unpaired) electrons. The maximum Gasteiger partial charge on any atom is 0.311 e. The van der Waals surface area contributed by atoms with Gasteiger partial charge in [0.2, 0.25) is 5.75 Å². The summed E-state index contributed by atoms with van der Waals surface area (Å²) in [6.07, 6.45) is 0. The topological polar surface area (TPSA) is 102 Å². The Morgan fingerprint density at radius 3 is 2.57 bits per heavy atom. The second-order valence-corrected chi connectivity index (χ2v) is 5.30. The number of benzene rings is 2. The van der Waals surface area contributed by atoms with Crippen LogP contribution in [0.15, 0.2) is 40.9 Å². The van der Waals surface area contributed by atoms with Gasteiger partial charge in [0.25, 0.3) is 0 Å². The molecule has 3 N–H and O–H groups in total. The molecule has 108 valence electrons. The molecule has 21 heavy (non-hydrogen) atoms. The second-order valence-electron chi connectivity index (χ2n) is 4.38. The lowest BCUT2D eigenvalue weighted by Gasteiger charge is -2.11. The molecular weight excluding hydrogens is 338 g/mol. The number of nitrogens with zero attached hydrogens (tertiary/aromatic N) is 1. The lowest BCUT2D eigenvalue weighted by molar-refractivity contribution is -0.385. The Bertz CT molecular complexity index is 670. The maximum atomic E-state index is 11.1. The van der Waals surface area contributed by atoms with E-state index in [1.54, 1.807) is 31.2 Å². The van der Waals surface area contributed by atoms with Crippen molar-refractivity contribution in [2.24, 2.45) is 5.73 Å². The van der Waals surface area contributed by atoms with Crippen LogP contribution in [-0.4, -0.2) is 10.8 Å². The Morgan fingerprint density at radius 2 is 1.95 bits per heavy atom. The zero-order valence-electron chi connectivity index (χ0n) is 11.1. The number of amidine groups is 1. The van der Waals surface area contributed by atoms with E-state index in [1.165, 1.54) is 12.1 Å². The van der Waals surface area contributed by atoms with E-state index >= 15 is 0 Å². The largest absolute Gasteiger partial charge is 0.449 e. The minimum Gasteiger partial charge on any atom is -0.449 e. The number of rotatable bonds is 4. The van der Waals surface area contributed by atoms with Crippen molar-refractivity contribution in [3.63, 3.8) is 0 Å². The first-order valence-corrected chi connectivity index (χ1v) is 6.74. The first-order valence-electron chi connectivity index (χ1n) is 5.95. The Morgan fingerprint density at radius 1 is 1.29 bits per heavy atom. The zero-order valence-corrected chi connectivity index (χ0v) is 12.7. The molecule has 0 atom stereocenters. The van der Waals surface area contributed by atoms with Gasteiger partial charge < -0.3 is 10.5 Å². The highest BCUT2D eigenvalue weighted by Crippen LogP contribution is 2.34. The number of nitrogens with two attached hydrogens (primary N) is 1. The summed E-state index contributed by atoms with van der Waals surface area (Å²) in [5, 5.41) is 18.6. The molecule has 0 aliphatic heterocycles. The molecule has 0 aliphatic rings. The summed E-state index contributed by atoms with van der Waals surface area (Å²) in [5.74, 6) is 0.217. The molecule has 2 aromatic carbocycles. The minimum absolute atomic E-state index is 0.107. The van der Waals surface area contributed by atoms with Crippen LogP contribution in [0.4, 0.5) is 5.69 Å². The number of hydrogen-bond donors (Lipinski definition) is 2. The molecule has 2 aromatic rings. The number of halogens is 1. The molecule has 7 heteroatoms. The smallest absolute Gasteiger partial charge is 0.311 e. The van der Waals surface area contributed by atoms with E-state index in [-0.39, 0.29) is 23.0 Å². The number of nitro benzene ring substituents is 1. The normalized spacial score (nSPS) is 10.2. The van der Waals surface area contributed by atoms with Gasteiger partial charge in [-0.3, -0.25) is 15.5 Å². The summed E-state index contributed by atoms with van der Waals surface area (Å²) >= 11 is 3.28. The highest BCUT2D eigenvalue weighted by atomic mass is 79.9. The van der Waals surface area contributed by atoms with Crippen molar-refractivity contribution in [3.05, 3.63) is 62.1 Å². The van der Waals surface area contributed by atoms with Crippen molar-refractivity contribution in [3.8, 4) is 11.5 Å². The summed E-state index contributed by atoms with van der Waals surface area (Å²) < 4.78 is 6.32. The van der Waals surface area contributed by atoms with E-state index < -0.39 is 4.92 Å². The van der Waals surface area contributed by atoms with E-state index in [4.69, 9.17) is 15.9 Å². The Balaban J connectivity index is 2.48. The van der Waals surface area contributed by atoms with Gasteiger partial charge in [-0.2, -0.15) is 0 Å². The van der Waals surface area contributed by atoms with E-state index in [1.807, 2.05) is 0 Å². The predicted molar refractivity (Wildman–Crippen MR) is 83.1 cm³/mol. The number of nitro groups is 1. The zero-order chi connectivity index (χ0) is 15.6. The molecule has 0 bridgehead atoms. The number of aryl methyl sites for hydroxylation is 1. The van der Waals surface area contributed by atoms with Crippen LogP contribution in [0.3, 0.4) is 0 Å². The van der Waals surface area contributed by atoms with Crippen molar-refractivity contribution in [1.82, 2.24) is 0 Å². The SMILES string of the molecule is Cc1ccc(Oc2ccc(Br)cc2C(=N)N)c([N+](=O)[O-])c1. The van der Waals surface area contributed by atoms with Crippen LogP contribution in [0.25, 0.3) is 0 Å². The number of hydrogen-bond acceptors (Lipinski definition) is 4. The first kappa shape index (κ1) is 15.0. The Labute approximate surface area is 129 Å². The molecule has 0 unspecified atom stereocenters. The van der Waals surface area contributed by atoms with Crippen LogP contribution in [-0.2, 0) is 0 Å². The highest BCUT2D eigenvalue weighted by Gasteiger charge is 2.18. The molecule has 0 amide bonds. The van der Waals surface area contributed by atoms with Crippen molar-refractivity contribution >= 4 is 27.5 Å².